The van der Waals surface area contributed by atoms with Gasteiger partial charge in [-0.2, -0.15) is 0 Å². The molecule has 6 nitrogen and oxygen atoms in total. The van der Waals surface area contributed by atoms with E-state index in [1.54, 1.807) is 7.11 Å². The number of carbonyl (C=O) groups is 1. The first-order valence-corrected chi connectivity index (χ1v) is 9.00. The van der Waals surface area contributed by atoms with Gasteiger partial charge in [-0.1, -0.05) is 24.3 Å². The predicted molar refractivity (Wildman–Crippen MR) is 115 cm³/mol. The number of nitrogens with one attached hydrogen (secondary N) is 1. The molecule has 1 aliphatic heterocycles. The van der Waals surface area contributed by atoms with E-state index in [2.05, 4.69) is 35.3 Å². The van der Waals surface area contributed by atoms with E-state index in [1.807, 2.05) is 6.07 Å². The lowest BCUT2D eigenvalue weighted by molar-refractivity contribution is -0.119. The van der Waals surface area contributed by atoms with Crippen LogP contribution in [-0.4, -0.2) is 43.5 Å². The highest BCUT2D eigenvalue weighted by Crippen LogP contribution is 2.19. The van der Waals surface area contributed by atoms with Crippen molar-refractivity contribution in [3.05, 3.63) is 35.4 Å². The molecular formula is C19H31IN4O2. The highest BCUT2D eigenvalue weighted by molar-refractivity contribution is 14.0. The number of carbonyl (C=O) groups excluding carboxylic acids is 1. The summed E-state index contributed by atoms with van der Waals surface area (Å²) in [4.78, 5) is 18.3. The minimum atomic E-state index is -0.219. The van der Waals surface area contributed by atoms with Crippen LogP contribution in [0.1, 0.15) is 37.3 Å². The van der Waals surface area contributed by atoms with Crippen LogP contribution in [0.15, 0.2) is 29.3 Å². The lowest BCUT2D eigenvalue weighted by atomic mass is 9.95. The SMILES string of the molecule is CCNC(=NCc1cccc(COC)c1)N1CCCC(CC(N)=O)C1.I. The summed E-state index contributed by atoms with van der Waals surface area (Å²) in [5.74, 6) is 1.01. The zero-order valence-corrected chi connectivity index (χ0v) is 18.1. The van der Waals surface area contributed by atoms with E-state index in [9.17, 15) is 4.79 Å². The number of piperidine rings is 1. The Hall–Kier alpha value is -1.35. The molecule has 0 aliphatic carbocycles. The molecule has 1 aliphatic rings. The van der Waals surface area contributed by atoms with Crippen LogP contribution in [-0.2, 0) is 22.7 Å². The van der Waals surface area contributed by atoms with Crippen LogP contribution in [0.25, 0.3) is 0 Å². The van der Waals surface area contributed by atoms with E-state index < -0.39 is 0 Å². The smallest absolute Gasteiger partial charge is 0.217 e. The van der Waals surface area contributed by atoms with Crippen molar-refractivity contribution in [1.29, 1.82) is 0 Å². The highest BCUT2D eigenvalue weighted by atomic mass is 127. The average molecular weight is 474 g/mol. The fourth-order valence-electron chi connectivity index (χ4n) is 3.29. The molecule has 146 valence electrons. The monoisotopic (exact) mass is 474 g/mol. The first-order valence-electron chi connectivity index (χ1n) is 9.00. The van der Waals surface area contributed by atoms with Crippen molar-refractivity contribution < 1.29 is 9.53 Å². The van der Waals surface area contributed by atoms with Crippen LogP contribution >= 0.6 is 24.0 Å². The van der Waals surface area contributed by atoms with Gasteiger partial charge in [-0.15, -0.1) is 24.0 Å². The second-order valence-corrected chi connectivity index (χ2v) is 6.55. The van der Waals surface area contributed by atoms with Crippen molar-refractivity contribution in [3.8, 4) is 0 Å². The first-order chi connectivity index (χ1) is 12.1. The number of rotatable bonds is 7. The van der Waals surface area contributed by atoms with Gasteiger partial charge in [0.2, 0.25) is 5.91 Å². The Kier molecular flexibility index (Phi) is 10.6. The molecule has 1 amide bonds. The molecule has 26 heavy (non-hydrogen) atoms. The molecule has 1 atom stereocenters. The molecule has 0 radical (unpaired) electrons. The third-order valence-electron chi connectivity index (χ3n) is 4.36. The summed E-state index contributed by atoms with van der Waals surface area (Å²) in [6.45, 7) is 5.91. The van der Waals surface area contributed by atoms with Crippen molar-refractivity contribution in [2.45, 2.75) is 39.3 Å². The number of amides is 1. The largest absolute Gasteiger partial charge is 0.380 e. The Morgan fingerprint density at radius 3 is 2.88 bits per heavy atom. The topological polar surface area (TPSA) is 80.0 Å². The number of aliphatic imine (C=N–C) groups is 1. The lowest BCUT2D eigenvalue weighted by Gasteiger charge is -2.34. The molecular weight excluding hydrogens is 443 g/mol. The van der Waals surface area contributed by atoms with Crippen LogP contribution in [0.5, 0.6) is 0 Å². The van der Waals surface area contributed by atoms with Gasteiger partial charge in [-0.3, -0.25) is 4.79 Å². The van der Waals surface area contributed by atoms with Gasteiger partial charge in [0.25, 0.3) is 0 Å². The van der Waals surface area contributed by atoms with Gasteiger partial charge in [0.15, 0.2) is 5.96 Å². The Balaban J connectivity index is 0.00000338. The maximum atomic E-state index is 11.2. The van der Waals surface area contributed by atoms with Gasteiger partial charge >= 0.3 is 0 Å². The van der Waals surface area contributed by atoms with Crippen LogP contribution in [0, 0.1) is 5.92 Å². The quantitative estimate of drug-likeness (QED) is 0.362. The molecule has 0 saturated carbocycles. The van der Waals surface area contributed by atoms with Crippen molar-refractivity contribution in [2.75, 3.05) is 26.7 Å². The molecule has 3 N–H and O–H groups in total. The zero-order valence-electron chi connectivity index (χ0n) is 15.7. The molecule has 0 bridgehead atoms. The molecule has 0 spiro atoms. The number of halogens is 1. The minimum absolute atomic E-state index is 0. The maximum absolute atomic E-state index is 11.2. The zero-order chi connectivity index (χ0) is 18.1. The second kappa shape index (κ2) is 12.1. The number of hydrogen-bond acceptors (Lipinski definition) is 3. The van der Waals surface area contributed by atoms with Crippen LogP contribution in [0.2, 0.25) is 0 Å². The number of nitrogens with zero attached hydrogens (tertiary/aromatic N) is 2. The number of hydrogen-bond donors (Lipinski definition) is 2. The van der Waals surface area contributed by atoms with Crippen LogP contribution < -0.4 is 11.1 Å². The van der Waals surface area contributed by atoms with E-state index >= 15 is 0 Å². The number of ether oxygens (including phenoxy) is 1. The summed E-state index contributed by atoms with van der Waals surface area (Å²) < 4.78 is 5.19. The van der Waals surface area contributed by atoms with E-state index in [4.69, 9.17) is 15.5 Å². The van der Waals surface area contributed by atoms with E-state index in [0.29, 0.717) is 25.5 Å². The Bertz CT molecular complexity index is 595. The van der Waals surface area contributed by atoms with Crippen LogP contribution in [0.3, 0.4) is 0 Å². The van der Waals surface area contributed by atoms with Crippen molar-refractivity contribution in [1.82, 2.24) is 10.2 Å². The molecule has 1 aromatic carbocycles. The van der Waals surface area contributed by atoms with Gasteiger partial charge in [0.05, 0.1) is 13.2 Å². The van der Waals surface area contributed by atoms with Gasteiger partial charge in [0, 0.05) is 33.2 Å². The van der Waals surface area contributed by atoms with E-state index in [-0.39, 0.29) is 29.9 Å². The summed E-state index contributed by atoms with van der Waals surface area (Å²) in [7, 11) is 1.70. The molecule has 1 aromatic rings. The molecule has 1 heterocycles. The molecule has 7 heteroatoms. The van der Waals surface area contributed by atoms with Gasteiger partial charge in [-0.05, 0) is 36.8 Å². The number of likely N-dealkylation sites (tertiary alicyclic amines) is 1. The normalized spacial score (nSPS) is 17.5. The Morgan fingerprint density at radius 2 is 2.19 bits per heavy atom. The number of primary amides is 1. The maximum Gasteiger partial charge on any atom is 0.217 e. The number of nitrogens with two attached hydrogens (primary N) is 1. The van der Waals surface area contributed by atoms with Gasteiger partial charge in [0.1, 0.15) is 0 Å². The van der Waals surface area contributed by atoms with E-state index in [1.165, 1.54) is 0 Å². The summed E-state index contributed by atoms with van der Waals surface area (Å²) in [5.41, 5.74) is 7.68. The van der Waals surface area contributed by atoms with Crippen molar-refractivity contribution in [3.63, 3.8) is 0 Å². The molecule has 1 fully saturated rings. The minimum Gasteiger partial charge on any atom is -0.380 e. The molecule has 0 aromatic heterocycles. The fraction of sp³-hybridized carbons (Fsp3) is 0.579. The van der Waals surface area contributed by atoms with Crippen molar-refractivity contribution in [2.24, 2.45) is 16.6 Å². The van der Waals surface area contributed by atoms with Gasteiger partial charge < -0.3 is 20.7 Å². The van der Waals surface area contributed by atoms with E-state index in [0.717, 1.165) is 49.6 Å². The van der Waals surface area contributed by atoms with Crippen molar-refractivity contribution >= 4 is 35.8 Å². The average Bonchev–Trinajstić information content (AvgIpc) is 2.59. The fourth-order valence-corrected chi connectivity index (χ4v) is 3.29. The second-order valence-electron chi connectivity index (χ2n) is 6.55. The number of guanidine groups is 1. The third-order valence-corrected chi connectivity index (χ3v) is 4.36. The van der Waals surface area contributed by atoms with Crippen LogP contribution in [0.4, 0.5) is 0 Å². The molecule has 1 unspecified atom stereocenters. The molecule has 1 saturated heterocycles. The standard InChI is InChI=1S/C19H30N4O2.HI/c1-3-21-19(23-9-5-8-16(13-23)11-18(20)24)22-12-15-6-4-7-17(10-15)14-25-2;/h4,6-7,10,16H,3,5,8-9,11-14H2,1-2H3,(H2,20,24)(H,21,22);1H. The highest BCUT2D eigenvalue weighted by Gasteiger charge is 2.23. The summed E-state index contributed by atoms with van der Waals surface area (Å²) in [6, 6.07) is 8.30. The summed E-state index contributed by atoms with van der Waals surface area (Å²) >= 11 is 0. The third kappa shape index (κ3) is 7.49. The summed E-state index contributed by atoms with van der Waals surface area (Å²) in [5, 5.41) is 3.37. The number of methoxy groups -OCH3 is 1. The van der Waals surface area contributed by atoms with Gasteiger partial charge in [-0.25, -0.2) is 4.99 Å². The Labute approximate surface area is 173 Å². The first kappa shape index (κ1) is 22.7. The Morgan fingerprint density at radius 1 is 1.42 bits per heavy atom. The predicted octanol–water partition coefficient (Wildman–Crippen LogP) is 2.50. The number of benzene rings is 1. The molecule has 2 rings (SSSR count). The lowest BCUT2D eigenvalue weighted by Crippen LogP contribution is -2.47. The summed E-state index contributed by atoms with van der Waals surface area (Å²) in [6.07, 6.45) is 2.57.